The van der Waals surface area contributed by atoms with Gasteiger partial charge in [-0.3, -0.25) is 5.41 Å². The first kappa shape index (κ1) is 8.72. The molecule has 70 valence electrons. The molecule has 1 aromatic heterocycles. The van der Waals surface area contributed by atoms with Crippen molar-refractivity contribution in [2.24, 2.45) is 17.4 Å². The molecule has 0 aromatic carbocycles. The van der Waals surface area contributed by atoms with E-state index < -0.39 is 0 Å². The summed E-state index contributed by atoms with van der Waals surface area (Å²) in [6.45, 7) is 0. The van der Waals surface area contributed by atoms with E-state index in [1.807, 2.05) is 11.4 Å². The van der Waals surface area contributed by atoms with E-state index in [9.17, 15) is 0 Å². The second kappa shape index (κ2) is 3.12. The Labute approximate surface area is 81.3 Å². The summed E-state index contributed by atoms with van der Waals surface area (Å²) in [6, 6.07) is 2.11. The van der Waals surface area contributed by atoms with Gasteiger partial charge in [-0.25, -0.2) is 0 Å². The molecule has 0 aliphatic heterocycles. The van der Waals surface area contributed by atoms with Crippen LogP contribution in [-0.4, -0.2) is 5.84 Å². The predicted molar refractivity (Wildman–Crippen MR) is 55.0 cm³/mol. The summed E-state index contributed by atoms with van der Waals surface area (Å²) in [7, 11) is 0. The van der Waals surface area contributed by atoms with Crippen LogP contribution in [-0.2, 0) is 0 Å². The Kier molecular flexibility index (Phi) is 2.09. The van der Waals surface area contributed by atoms with Gasteiger partial charge in [-0.15, -0.1) is 11.3 Å². The van der Waals surface area contributed by atoms with E-state index in [1.54, 1.807) is 11.3 Å². The van der Waals surface area contributed by atoms with Crippen molar-refractivity contribution in [1.29, 1.82) is 5.41 Å². The van der Waals surface area contributed by atoms with E-state index >= 15 is 0 Å². The Morgan fingerprint density at radius 3 is 2.77 bits per heavy atom. The van der Waals surface area contributed by atoms with Crippen molar-refractivity contribution in [2.45, 2.75) is 18.9 Å². The summed E-state index contributed by atoms with van der Waals surface area (Å²) in [5.74, 6) is 0.795. The molecule has 0 radical (unpaired) electrons. The monoisotopic (exact) mass is 195 g/mol. The van der Waals surface area contributed by atoms with Gasteiger partial charge in [0, 0.05) is 21.9 Å². The van der Waals surface area contributed by atoms with Crippen LogP contribution in [0.5, 0.6) is 0 Å². The highest BCUT2D eigenvalue weighted by atomic mass is 32.1. The Balaban J connectivity index is 2.16. The minimum atomic E-state index is 0.130. The third-order valence-corrected chi connectivity index (χ3v) is 3.42. The van der Waals surface area contributed by atoms with Crippen LogP contribution in [0.3, 0.4) is 0 Å². The second-order valence-corrected chi connectivity index (χ2v) is 4.46. The van der Waals surface area contributed by atoms with Crippen LogP contribution in [0, 0.1) is 11.3 Å². The number of amidine groups is 1. The van der Waals surface area contributed by atoms with Crippen LogP contribution >= 0.6 is 11.3 Å². The second-order valence-electron chi connectivity index (χ2n) is 3.51. The molecule has 1 unspecified atom stereocenters. The highest BCUT2D eigenvalue weighted by Gasteiger charge is 2.30. The number of hydrogen-bond acceptors (Lipinski definition) is 3. The molecular formula is C9H13N3S. The number of thiophene rings is 1. The molecule has 4 heteroatoms. The Morgan fingerprint density at radius 1 is 1.62 bits per heavy atom. The molecule has 3 nitrogen and oxygen atoms in total. The van der Waals surface area contributed by atoms with Gasteiger partial charge in [-0.1, -0.05) is 0 Å². The van der Waals surface area contributed by atoms with E-state index in [0.29, 0.717) is 5.92 Å². The van der Waals surface area contributed by atoms with Crippen molar-refractivity contribution in [2.75, 3.05) is 0 Å². The van der Waals surface area contributed by atoms with Crippen LogP contribution in [0.25, 0.3) is 0 Å². The largest absolute Gasteiger partial charge is 0.384 e. The highest BCUT2D eigenvalue weighted by molar-refractivity contribution is 7.10. The fourth-order valence-electron chi connectivity index (χ4n) is 1.36. The van der Waals surface area contributed by atoms with Crippen LogP contribution in [0.15, 0.2) is 11.4 Å². The van der Waals surface area contributed by atoms with Gasteiger partial charge in [-0.2, -0.15) is 0 Å². The molecule has 2 rings (SSSR count). The number of nitrogens with one attached hydrogen (secondary N) is 1. The number of nitrogen functional groups attached to an aromatic ring is 1. The van der Waals surface area contributed by atoms with E-state index in [1.165, 1.54) is 12.8 Å². The first-order chi connectivity index (χ1) is 6.18. The minimum absolute atomic E-state index is 0.130. The lowest BCUT2D eigenvalue weighted by Gasteiger charge is -2.05. The van der Waals surface area contributed by atoms with Crippen LogP contribution in [0.2, 0.25) is 0 Å². The SMILES string of the molecule is N=C(N)c1csc(C(N)C2CC2)c1. The Hall–Kier alpha value is -0.870. The van der Waals surface area contributed by atoms with Gasteiger partial charge < -0.3 is 11.5 Å². The Bertz CT molecular complexity index is 327. The topological polar surface area (TPSA) is 75.9 Å². The molecule has 1 aliphatic carbocycles. The zero-order chi connectivity index (χ0) is 9.42. The van der Waals surface area contributed by atoms with Crippen molar-refractivity contribution >= 4 is 17.2 Å². The molecular weight excluding hydrogens is 182 g/mol. The number of hydrogen-bond donors (Lipinski definition) is 3. The fourth-order valence-corrected chi connectivity index (χ4v) is 2.36. The van der Waals surface area contributed by atoms with Gasteiger partial charge in [0.25, 0.3) is 0 Å². The Morgan fingerprint density at radius 2 is 2.31 bits per heavy atom. The number of nitrogens with two attached hydrogens (primary N) is 2. The number of rotatable bonds is 3. The molecule has 1 aliphatic rings. The van der Waals surface area contributed by atoms with Gasteiger partial charge >= 0.3 is 0 Å². The maximum Gasteiger partial charge on any atom is 0.123 e. The third kappa shape index (κ3) is 1.73. The maximum absolute atomic E-state index is 7.26. The molecule has 1 heterocycles. The van der Waals surface area contributed by atoms with Crippen molar-refractivity contribution < 1.29 is 0 Å². The molecule has 0 amide bonds. The first-order valence-electron chi connectivity index (χ1n) is 4.37. The summed E-state index contributed by atoms with van der Waals surface area (Å²) in [5.41, 5.74) is 12.2. The molecule has 5 N–H and O–H groups in total. The van der Waals surface area contributed by atoms with E-state index in [4.69, 9.17) is 16.9 Å². The summed E-state index contributed by atoms with van der Waals surface area (Å²) in [5, 5.41) is 9.16. The molecule has 1 saturated carbocycles. The lowest BCUT2D eigenvalue weighted by atomic mass is 10.1. The molecule has 0 saturated heterocycles. The van der Waals surface area contributed by atoms with E-state index in [2.05, 4.69) is 0 Å². The summed E-state index contributed by atoms with van der Waals surface area (Å²) in [4.78, 5) is 1.16. The lowest BCUT2D eigenvalue weighted by molar-refractivity contribution is 0.645. The van der Waals surface area contributed by atoms with Gasteiger partial charge in [0.1, 0.15) is 5.84 Å². The predicted octanol–water partition coefficient (Wildman–Crippen LogP) is 1.44. The molecule has 1 aromatic rings. The maximum atomic E-state index is 7.26. The van der Waals surface area contributed by atoms with Crippen molar-refractivity contribution in [1.82, 2.24) is 0 Å². The molecule has 13 heavy (non-hydrogen) atoms. The minimum Gasteiger partial charge on any atom is -0.384 e. The summed E-state index contributed by atoms with van der Waals surface area (Å²) in [6.07, 6.45) is 2.49. The molecule has 0 spiro atoms. The summed E-state index contributed by atoms with van der Waals surface area (Å²) < 4.78 is 0. The van der Waals surface area contributed by atoms with Crippen LogP contribution < -0.4 is 11.5 Å². The third-order valence-electron chi connectivity index (χ3n) is 2.39. The smallest absolute Gasteiger partial charge is 0.123 e. The highest BCUT2D eigenvalue weighted by Crippen LogP contribution is 2.41. The van der Waals surface area contributed by atoms with Crippen molar-refractivity contribution in [3.63, 3.8) is 0 Å². The first-order valence-corrected chi connectivity index (χ1v) is 5.25. The molecule has 0 bridgehead atoms. The average Bonchev–Trinajstić information content (AvgIpc) is 2.81. The zero-order valence-electron chi connectivity index (χ0n) is 7.29. The van der Waals surface area contributed by atoms with Gasteiger partial charge in [0.05, 0.1) is 0 Å². The van der Waals surface area contributed by atoms with Gasteiger partial charge in [0.2, 0.25) is 0 Å². The van der Waals surface area contributed by atoms with E-state index in [-0.39, 0.29) is 11.9 Å². The van der Waals surface area contributed by atoms with Crippen LogP contribution in [0.4, 0.5) is 0 Å². The fraction of sp³-hybridized carbons (Fsp3) is 0.444. The van der Waals surface area contributed by atoms with Gasteiger partial charge in [0.15, 0.2) is 0 Å². The standard InChI is InChI=1S/C9H13N3S/c10-8(5-1-2-5)7-3-6(4-13-7)9(11)12/h3-5,8H,1-2,10H2,(H3,11,12). The quantitative estimate of drug-likeness (QED) is 0.504. The van der Waals surface area contributed by atoms with E-state index in [0.717, 1.165) is 10.4 Å². The van der Waals surface area contributed by atoms with Crippen molar-refractivity contribution in [3.8, 4) is 0 Å². The van der Waals surface area contributed by atoms with Crippen molar-refractivity contribution in [3.05, 3.63) is 21.9 Å². The van der Waals surface area contributed by atoms with Gasteiger partial charge in [-0.05, 0) is 24.8 Å². The molecule has 1 fully saturated rings. The molecule has 1 atom stereocenters. The zero-order valence-corrected chi connectivity index (χ0v) is 8.10. The lowest BCUT2D eigenvalue weighted by Crippen LogP contribution is -2.12. The average molecular weight is 195 g/mol. The summed E-state index contributed by atoms with van der Waals surface area (Å²) >= 11 is 1.61. The van der Waals surface area contributed by atoms with Crippen LogP contribution in [0.1, 0.15) is 29.3 Å². The normalized spacial score (nSPS) is 18.5.